The van der Waals surface area contributed by atoms with E-state index in [0.717, 1.165) is 80.3 Å². The number of unbranched alkanes of at least 4 members (excludes halogenated alkanes) is 3. The number of hydrogen-bond acceptors (Lipinski definition) is 42. The Morgan fingerprint density at radius 2 is 0.365 bits per heavy atom. The Labute approximate surface area is 910 Å². The molecule has 148 heavy (non-hydrogen) atoms. The van der Waals surface area contributed by atoms with Crippen molar-refractivity contribution in [3.63, 3.8) is 0 Å². The van der Waals surface area contributed by atoms with Gasteiger partial charge in [-0.05, 0) is 231 Å². The van der Waals surface area contributed by atoms with Gasteiger partial charge >= 0.3 is 0 Å². The topological polar surface area (TPSA) is 570 Å². The Hall–Kier alpha value is -11.4. The van der Waals surface area contributed by atoms with Crippen LogP contribution in [0.3, 0.4) is 0 Å². The van der Waals surface area contributed by atoms with Crippen LogP contribution in [0.25, 0.3) is 0 Å². The number of hydrogen-bond donors (Lipinski definition) is 27. The fourth-order valence-electron chi connectivity index (χ4n) is 12.1. The van der Waals surface area contributed by atoms with E-state index in [1.54, 1.807) is 181 Å². The first-order valence-corrected chi connectivity index (χ1v) is 57.4. The Balaban J connectivity index is 0.000000198. The molecule has 0 amide bonds. The van der Waals surface area contributed by atoms with E-state index in [1.807, 2.05) is 48.5 Å². The van der Waals surface area contributed by atoms with Gasteiger partial charge in [0.2, 0.25) is 0 Å². The largest absolute Gasteiger partial charge is 0.504 e. The third kappa shape index (κ3) is 40.2. The second kappa shape index (κ2) is 64.2. The molecule has 28 N–H and O–H groups in total. The van der Waals surface area contributed by atoms with Gasteiger partial charge in [0.05, 0.1) is 97.4 Å². The molecule has 0 aromatic heterocycles. The maximum Gasteiger partial charge on any atom is 0.171 e. The van der Waals surface area contributed by atoms with E-state index in [0.29, 0.717) is 126 Å². The van der Waals surface area contributed by atoms with Gasteiger partial charge in [-0.1, -0.05) is 121 Å². The number of thioether (sulfide) groups is 10. The molecule has 0 saturated heterocycles. The van der Waals surface area contributed by atoms with Gasteiger partial charge in [0.1, 0.15) is 0 Å². The lowest BCUT2D eigenvalue weighted by atomic mass is 10.2. The molecule has 788 valence electrons. The number of para-hydroxylation sites is 12. The van der Waals surface area contributed by atoms with Crippen LogP contribution in [0.2, 0.25) is 0 Å². The molecular formula is C106H113NO28S13. The van der Waals surface area contributed by atoms with E-state index < -0.39 is 12.2 Å². The molecule has 29 nitrogen and oxygen atoms in total. The van der Waals surface area contributed by atoms with Crippen LogP contribution in [0.1, 0.15) is 32.1 Å². The predicted molar refractivity (Wildman–Crippen MR) is 594 cm³/mol. The molecule has 42 heteroatoms. The van der Waals surface area contributed by atoms with Crippen molar-refractivity contribution in [2.45, 2.75) is 129 Å². The van der Waals surface area contributed by atoms with Crippen molar-refractivity contribution < 1.29 is 142 Å². The van der Waals surface area contributed by atoms with Crippen molar-refractivity contribution in [3.05, 3.63) is 267 Å². The standard InChI is InChI=1S/C24H18O4S3.C18H22O6S2.C18H22O4S2.C16H19NO4S2.C16H18O6S2.C14H14O4S2/c25-19-3-1-5-21(23(19)27)30-17-11-7-15(8-12-17)29-16-9-13-18(14-10-16)31-22-6-2-4-20(26)24(22)28;19-13-3-1-5-15(17(13)21)25-11-9-23-7-8-24-10-12-26-16-6-2-4-14(20)18(16)22;19-13-7-5-9-15(17(13)21)23-11-3-1-2-4-12-24-16-10-6-8-14(20)18(16)22;17-10(9-23-14-6-2-4-12(19)16(14)21)7-8-22-13-5-1-3-11(18)15(13)20;17-9-3-1-5-13(15(9)21)23-7-11(19)12(20)8-24-14-6-2-4-10(18)16(14)22;15-9-3-1-5-11(13(9)17)19-7-8-20-12-6-2-4-10(16)14(12)18/h1-14,25-28H;1-6,19-22H,7-12H2;5-10,19-22H,1-4,11-12H2;1-6,10,18-21H,7-9,17H2;1-6,11-12,17-22H,7-8H2;1-6,15-18H,7-8H2/t;;;10-;11-,12+;/m...1../s1. The zero-order valence-electron chi connectivity index (χ0n) is 78.9. The zero-order chi connectivity index (χ0) is 107. The number of nitrogens with two attached hydrogens (primary N) is 1. The van der Waals surface area contributed by atoms with Crippen LogP contribution >= 0.6 is 153 Å². The van der Waals surface area contributed by atoms with Crippen LogP contribution in [-0.4, -0.2) is 235 Å². The SMILES string of the molecule is N[C@H](CCSc1cccc(O)c1O)CSc1cccc(O)c1O.Oc1cccc(SCCCCCCSc2cccc(O)c2O)c1O.Oc1cccc(SCCOCCOCCSc2cccc(O)c2O)c1O.Oc1cccc(SCCSc2cccc(O)c2O)c1O.Oc1cccc(SC[C@@H](O)[C@@H](O)CSc2cccc(O)c2O)c1O.Oc1cccc(Sc2ccc(Sc3ccc(Sc4cccc(O)c4O)cc3)cc2)c1O. The third-order valence-electron chi connectivity index (χ3n) is 20.0. The number of aliphatic hydroxyl groups excluding tert-OH is 2. The summed E-state index contributed by atoms with van der Waals surface area (Å²) in [7, 11) is 0. The summed E-state index contributed by atoms with van der Waals surface area (Å²) >= 11 is 18.2. The molecule has 0 bridgehead atoms. The third-order valence-corrected chi connectivity index (χ3v) is 34.4. The summed E-state index contributed by atoms with van der Waals surface area (Å²) in [6.45, 7) is 1.95. The molecular weight excluding hydrogens is 2150 g/mol. The minimum Gasteiger partial charge on any atom is -0.504 e. The van der Waals surface area contributed by atoms with Crippen LogP contribution in [0, 0.1) is 0 Å². The van der Waals surface area contributed by atoms with Gasteiger partial charge in [0.25, 0.3) is 0 Å². The number of ether oxygens (including phenoxy) is 2. The highest BCUT2D eigenvalue weighted by molar-refractivity contribution is 8.03. The first-order chi connectivity index (χ1) is 71.2. The number of phenolic OH excluding ortho intramolecular Hbond substituents is 24. The van der Waals surface area contributed by atoms with Crippen LogP contribution in [0.5, 0.6) is 138 Å². The van der Waals surface area contributed by atoms with Gasteiger partial charge in [-0.25, -0.2) is 0 Å². The summed E-state index contributed by atoms with van der Waals surface area (Å²) in [5.74, 6) is 2.89. The number of benzene rings is 14. The maximum absolute atomic E-state index is 10.0. The first-order valence-electron chi connectivity index (χ1n) is 45.1. The lowest BCUT2D eigenvalue weighted by Crippen LogP contribution is -2.30. The van der Waals surface area contributed by atoms with Crippen LogP contribution in [0.15, 0.2) is 345 Å². The Morgan fingerprint density at radius 3 is 0.601 bits per heavy atom. The normalized spacial score (nSPS) is 11.5. The van der Waals surface area contributed by atoms with Crippen LogP contribution in [0.4, 0.5) is 0 Å². The Kier molecular flexibility index (Phi) is 52.1. The number of rotatable bonds is 45. The van der Waals surface area contributed by atoms with E-state index in [-0.39, 0.29) is 156 Å². The summed E-state index contributed by atoms with van der Waals surface area (Å²) in [6, 6.07) is 73.8. The van der Waals surface area contributed by atoms with Crippen LogP contribution in [-0.2, 0) is 9.47 Å². The van der Waals surface area contributed by atoms with Crippen molar-refractivity contribution in [1.82, 2.24) is 0 Å². The molecule has 0 unspecified atom stereocenters. The average Bonchev–Trinajstić information content (AvgIpc) is 0.839. The smallest absolute Gasteiger partial charge is 0.171 e. The first kappa shape index (κ1) is 120. The Morgan fingerprint density at radius 1 is 0.182 bits per heavy atom. The van der Waals surface area contributed by atoms with Gasteiger partial charge in [-0.3, -0.25) is 0 Å². The zero-order valence-corrected chi connectivity index (χ0v) is 89.5. The van der Waals surface area contributed by atoms with Gasteiger partial charge in [0, 0.05) is 65.9 Å². The molecule has 14 aromatic carbocycles. The Bertz CT molecular complexity index is 6150. The molecule has 0 spiro atoms. The van der Waals surface area contributed by atoms with Gasteiger partial charge in [0.15, 0.2) is 138 Å². The summed E-state index contributed by atoms with van der Waals surface area (Å²) in [5.41, 5.74) is 6.05. The molecule has 14 rings (SSSR count). The van der Waals surface area contributed by atoms with E-state index in [2.05, 4.69) is 0 Å². The average molecular weight is 2270 g/mol. The lowest BCUT2D eigenvalue weighted by Gasteiger charge is -2.18. The molecule has 0 radical (unpaired) electrons. The number of phenols is 24. The van der Waals surface area contributed by atoms with Crippen molar-refractivity contribution in [2.24, 2.45) is 5.73 Å². The van der Waals surface area contributed by atoms with Crippen molar-refractivity contribution in [1.29, 1.82) is 0 Å². The van der Waals surface area contributed by atoms with Crippen molar-refractivity contribution in [3.8, 4) is 138 Å². The minimum absolute atomic E-state index is 0.0372. The molecule has 0 aliphatic heterocycles. The fraction of sp³-hybridized carbons (Fsp3) is 0.208. The highest BCUT2D eigenvalue weighted by atomic mass is 32.2. The summed E-state index contributed by atoms with van der Waals surface area (Å²) in [6.07, 6.45) is 2.86. The molecule has 0 aliphatic carbocycles. The van der Waals surface area contributed by atoms with Gasteiger partial charge in [-0.15, -0.1) is 118 Å². The second-order valence-corrected chi connectivity index (χ2v) is 45.5. The lowest BCUT2D eigenvalue weighted by molar-refractivity contribution is 0.0500. The molecule has 0 fully saturated rings. The molecule has 0 saturated carbocycles. The van der Waals surface area contributed by atoms with Crippen LogP contribution < -0.4 is 5.73 Å². The van der Waals surface area contributed by atoms with E-state index >= 15 is 0 Å². The quantitative estimate of drug-likeness (QED) is 0.00957. The molecule has 14 aromatic rings. The molecule has 3 atom stereocenters. The van der Waals surface area contributed by atoms with E-state index in [4.69, 9.17) is 15.2 Å². The van der Waals surface area contributed by atoms with E-state index in [1.165, 1.54) is 167 Å². The predicted octanol–water partition coefficient (Wildman–Crippen LogP) is 24.0. The van der Waals surface area contributed by atoms with E-state index in [9.17, 15) is 133 Å². The monoisotopic (exact) mass is 2260 g/mol. The van der Waals surface area contributed by atoms with Crippen molar-refractivity contribution in [2.75, 3.05) is 84.0 Å². The molecule has 0 aliphatic rings. The summed E-state index contributed by atoms with van der Waals surface area (Å²) < 4.78 is 10.9. The number of aromatic hydroxyl groups is 24. The highest BCUT2D eigenvalue weighted by Crippen LogP contribution is 2.48. The maximum atomic E-state index is 10.0. The molecule has 0 heterocycles. The summed E-state index contributed by atoms with van der Waals surface area (Å²) in [4.78, 5) is 11.2. The second-order valence-electron chi connectivity index (χ2n) is 30.9. The summed E-state index contributed by atoms with van der Waals surface area (Å²) in [5, 5.41) is 250. The van der Waals surface area contributed by atoms with Gasteiger partial charge in [-0.2, -0.15) is 0 Å². The van der Waals surface area contributed by atoms with Crippen molar-refractivity contribution >= 4 is 153 Å². The highest BCUT2D eigenvalue weighted by Gasteiger charge is 2.22. The number of aliphatic hydroxyl groups is 2. The van der Waals surface area contributed by atoms with Gasteiger partial charge < -0.3 is 148 Å². The minimum atomic E-state index is -1.07. The fourth-order valence-corrected chi connectivity index (χ4v) is 24.3.